The van der Waals surface area contributed by atoms with Crippen molar-refractivity contribution in [3.63, 3.8) is 0 Å². The van der Waals surface area contributed by atoms with Crippen LogP contribution in [0.2, 0.25) is 0 Å². The van der Waals surface area contributed by atoms with Gasteiger partial charge in [0.05, 0.1) is 34.0 Å². The number of nitrogens with zero attached hydrogens (tertiary/aromatic N) is 1. The van der Waals surface area contributed by atoms with E-state index in [1.807, 2.05) is 6.26 Å². The maximum absolute atomic E-state index is 13.4. The minimum atomic E-state index is -4.73. The van der Waals surface area contributed by atoms with Crippen molar-refractivity contribution >= 4 is 45.1 Å². The minimum Gasteiger partial charge on any atom is -0.352 e. The highest BCUT2D eigenvalue weighted by molar-refractivity contribution is 7.98. The maximum atomic E-state index is 13.4. The molecular formula is C29H37F3N4O5S2. The van der Waals surface area contributed by atoms with Crippen molar-refractivity contribution < 1.29 is 36.0 Å². The average Bonchev–Trinajstić information content (AvgIpc) is 2.97. The number of rotatable bonds is 11. The van der Waals surface area contributed by atoms with Crippen molar-refractivity contribution in [3.8, 4) is 0 Å². The molecule has 0 spiro atoms. The first-order valence-electron chi connectivity index (χ1n) is 14.0. The molecule has 1 aliphatic carbocycles. The van der Waals surface area contributed by atoms with Crippen LogP contribution in [0.25, 0.3) is 0 Å². The highest BCUT2D eigenvalue weighted by atomic mass is 32.2. The van der Waals surface area contributed by atoms with Gasteiger partial charge in [-0.3, -0.25) is 9.59 Å². The van der Waals surface area contributed by atoms with Crippen molar-refractivity contribution in [1.82, 2.24) is 15.5 Å². The number of hydrogen-bond acceptors (Lipinski definition) is 6. The van der Waals surface area contributed by atoms with E-state index in [9.17, 15) is 36.0 Å². The number of sulfone groups is 1. The van der Waals surface area contributed by atoms with Crippen molar-refractivity contribution in [3.05, 3.63) is 53.6 Å². The Bertz CT molecular complexity index is 1400. The number of hydrogen-bond donors (Lipinski definition) is 3. The summed E-state index contributed by atoms with van der Waals surface area (Å²) in [5.74, 6) is -2.08. The Hall–Kier alpha value is -3.26. The molecule has 2 aromatic rings. The van der Waals surface area contributed by atoms with Gasteiger partial charge in [0.15, 0.2) is 9.84 Å². The molecule has 1 aliphatic rings. The number of thioether (sulfide) groups is 1. The Morgan fingerprint density at radius 3 is 2.26 bits per heavy atom. The van der Waals surface area contributed by atoms with E-state index < -0.39 is 57.6 Å². The van der Waals surface area contributed by atoms with E-state index in [1.165, 1.54) is 16.7 Å². The molecule has 0 unspecified atom stereocenters. The zero-order valence-electron chi connectivity index (χ0n) is 24.3. The molecule has 0 saturated heterocycles. The fourth-order valence-corrected chi connectivity index (χ4v) is 7.11. The number of carbonyl (C=O) groups is 3. The SMILES string of the molecule is CCN(CC)C(=O)Nc1ccc(C(F)(F)F)cc1C(=O)NCC(=O)N[C@H]1CCCC[C@@H]1CS(=O)(=O)c1ccc(SC)cc1. The third kappa shape index (κ3) is 9.36. The van der Waals surface area contributed by atoms with Crippen LogP contribution in [0, 0.1) is 5.92 Å². The molecule has 2 atom stereocenters. The van der Waals surface area contributed by atoms with Gasteiger partial charge in [0.25, 0.3) is 5.91 Å². The Morgan fingerprint density at radius 1 is 1.00 bits per heavy atom. The Labute approximate surface area is 254 Å². The van der Waals surface area contributed by atoms with Crippen LogP contribution >= 0.6 is 11.8 Å². The fourth-order valence-electron chi connectivity index (χ4n) is 4.99. The molecule has 2 aromatic carbocycles. The van der Waals surface area contributed by atoms with Crippen molar-refractivity contribution in [1.29, 1.82) is 0 Å². The highest BCUT2D eigenvalue weighted by Crippen LogP contribution is 2.32. The Morgan fingerprint density at radius 2 is 1.65 bits per heavy atom. The molecule has 0 radical (unpaired) electrons. The average molecular weight is 643 g/mol. The van der Waals surface area contributed by atoms with Gasteiger partial charge in [0.2, 0.25) is 5.91 Å². The van der Waals surface area contributed by atoms with E-state index in [4.69, 9.17) is 0 Å². The summed E-state index contributed by atoms with van der Waals surface area (Å²) in [6, 6.07) is 7.97. The lowest BCUT2D eigenvalue weighted by molar-refractivity contribution is -0.137. The second kappa shape index (κ2) is 15.0. The number of amides is 4. The zero-order valence-corrected chi connectivity index (χ0v) is 25.9. The monoisotopic (exact) mass is 642 g/mol. The molecule has 3 rings (SSSR count). The van der Waals surface area contributed by atoms with Gasteiger partial charge >= 0.3 is 12.2 Å². The van der Waals surface area contributed by atoms with Crippen molar-refractivity contribution in [2.45, 2.75) is 61.5 Å². The normalized spacial score (nSPS) is 17.2. The molecule has 0 aliphatic heterocycles. The molecular weight excluding hydrogens is 605 g/mol. The molecule has 43 heavy (non-hydrogen) atoms. The van der Waals surface area contributed by atoms with E-state index in [1.54, 1.807) is 38.1 Å². The summed E-state index contributed by atoms with van der Waals surface area (Å²) >= 11 is 1.50. The van der Waals surface area contributed by atoms with Crippen LogP contribution < -0.4 is 16.0 Å². The first kappa shape index (κ1) is 34.2. The summed E-state index contributed by atoms with van der Waals surface area (Å²) in [5, 5.41) is 7.61. The largest absolute Gasteiger partial charge is 0.416 e. The van der Waals surface area contributed by atoms with Crippen molar-refractivity contribution in [2.75, 3.05) is 37.0 Å². The quantitative estimate of drug-likeness (QED) is 0.290. The summed E-state index contributed by atoms with van der Waals surface area (Å²) in [7, 11) is -3.62. The highest BCUT2D eigenvalue weighted by Gasteiger charge is 2.33. The topological polar surface area (TPSA) is 125 Å². The fraction of sp³-hybridized carbons (Fsp3) is 0.483. The van der Waals surface area contributed by atoms with E-state index in [-0.39, 0.29) is 22.3 Å². The van der Waals surface area contributed by atoms with Gasteiger partial charge < -0.3 is 20.9 Å². The maximum Gasteiger partial charge on any atom is 0.416 e. The van der Waals surface area contributed by atoms with Gasteiger partial charge in [0.1, 0.15) is 0 Å². The predicted octanol–water partition coefficient (Wildman–Crippen LogP) is 5.18. The van der Waals surface area contributed by atoms with Gasteiger partial charge in [-0.1, -0.05) is 12.8 Å². The van der Waals surface area contributed by atoms with Gasteiger partial charge in [-0.05, 0) is 81.3 Å². The van der Waals surface area contributed by atoms with E-state index in [2.05, 4.69) is 16.0 Å². The Kier molecular flexibility index (Phi) is 11.9. The number of urea groups is 1. The van der Waals surface area contributed by atoms with Gasteiger partial charge in [-0.2, -0.15) is 13.2 Å². The van der Waals surface area contributed by atoms with Gasteiger partial charge in [-0.25, -0.2) is 13.2 Å². The number of nitrogens with one attached hydrogen (secondary N) is 3. The van der Waals surface area contributed by atoms with Crippen LogP contribution in [0.5, 0.6) is 0 Å². The summed E-state index contributed by atoms with van der Waals surface area (Å²) in [4.78, 5) is 40.9. The lowest BCUT2D eigenvalue weighted by Crippen LogP contribution is -2.47. The summed E-state index contributed by atoms with van der Waals surface area (Å²) in [6.45, 7) is 3.61. The third-order valence-electron chi connectivity index (χ3n) is 7.40. The molecule has 4 amide bonds. The number of benzene rings is 2. The van der Waals surface area contributed by atoms with Gasteiger partial charge in [-0.15, -0.1) is 11.8 Å². The summed E-state index contributed by atoms with van der Waals surface area (Å²) in [5.41, 5.74) is -1.67. The first-order valence-corrected chi connectivity index (χ1v) is 16.9. The van der Waals surface area contributed by atoms with Crippen LogP contribution in [-0.2, 0) is 20.8 Å². The molecule has 0 bridgehead atoms. The minimum absolute atomic E-state index is 0.133. The molecule has 1 saturated carbocycles. The summed E-state index contributed by atoms with van der Waals surface area (Å²) in [6.07, 6.45) is -0.0890. The van der Waals surface area contributed by atoms with Crippen LogP contribution in [0.1, 0.15) is 55.5 Å². The number of halogens is 3. The molecule has 0 heterocycles. The standard InChI is InChI=1S/C29H37F3N4O5S2/c1-4-36(5-2)28(39)35-25-15-10-20(29(30,31)32)16-23(25)27(38)33-17-26(37)34-24-9-7-6-8-19(24)18-43(40,41)22-13-11-21(42-3)12-14-22/h10-16,19,24H,4-9,17-18H2,1-3H3,(H,33,38)(H,34,37)(H,35,39)/t19-,24+/m1/s1. The lowest BCUT2D eigenvalue weighted by Gasteiger charge is -2.32. The molecule has 236 valence electrons. The zero-order chi connectivity index (χ0) is 31.8. The number of carbonyl (C=O) groups excluding carboxylic acids is 3. The summed E-state index contributed by atoms with van der Waals surface area (Å²) < 4.78 is 66.4. The predicted molar refractivity (Wildman–Crippen MR) is 160 cm³/mol. The number of alkyl halides is 3. The van der Waals surface area contributed by atoms with Crippen LogP contribution in [0.15, 0.2) is 52.3 Å². The first-order chi connectivity index (χ1) is 20.3. The molecule has 3 N–H and O–H groups in total. The van der Waals surface area contributed by atoms with Crippen LogP contribution in [-0.4, -0.2) is 68.8 Å². The Balaban J connectivity index is 1.69. The molecule has 1 fully saturated rings. The van der Waals surface area contributed by atoms with Crippen LogP contribution in [0.4, 0.5) is 23.7 Å². The van der Waals surface area contributed by atoms with E-state index in [0.717, 1.165) is 29.9 Å². The van der Waals surface area contributed by atoms with Crippen molar-refractivity contribution in [2.24, 2.45) is 5.92 Å². The molecule has 0 aromatic heterocycles. The number of anilines is 1. The lowest BCUT2D eigenvalue weighted by atomic mass is 9.86. The molecule has 14 heteroatoms. The van der Waals surface area contributed by atoms with E-state index in [0.29, 0.717) is 32.0 Å². The third-order valence-corrected chi connectivity index (χ3v) is 10.0. The van der Waals surface area contributed by atoms with E-state index >= 15 is 0 Å². The molecule has 9 nitrogen and oxygen atoms in total. The smallest absolute Gasteiger partial charge is 0.352 e. The second-order valence-electron chi connectivity index (χ2n) is 10.2. The van der Waals surface area contributed by atoms with Crippen LogP contribution in [0.3, 0.4) is 0 Å². The van der Waals surface area contributed by atoms with Gasteiger partial charge in [0, 0.05) is 24.0 Å². The second-order valence-corrected chi connectivity index (χ2v) is 13.1.